The number of hydrogen-bond donors (Lipinski definition) is 2. The summed E-state index contributed by atoms with van der Waals surface area (Å²) in [4.78, 5) is 2.01. The Morgan fingerprint density at radius 2 is 2.19 bits per heavy atom. The molecule has 0 bridgehead atoms. The second-order valence-corrected chi connectivity index (χ2v) is 5.50. The van der Waals surface area contributed by atoms with Gasteiger partial charge in [-0.2, -0.15) is 13.2 Å². The lowest BCUT2D eigenvalue weighted by Gasteiger charge is -2.14. The van der Waals surface area contributed by atoms with Gasteiger partial charge in [-0.1, -0.05) is 0 Å². The number of nitrogens with one attached hydrogen (secondary N) is 1. The van der Waals surface area contributed by atoms with Crippen molar-refractivity contribution >= 4 is 27.3 Å². The molecule has 1 rings (SSSR count). The zero-order valence-electron chi connectivity index (χ0n) is 8.44. The van der Waals surface area contributed by atoms with E-state index in [9.17, 15) is 13.2 Å². The SMILES string of the molecule is Cc1sc(CNCC(O)C(F)(F)F)cc1Br. The van der Waals surface area contributed by atoms with Gasteiger partial charge in [0.2, 0.25) is 0 Å². The first-order valence-corrected chi connectivity index (χ1v) is 6.12. The second-order valence-electron chi connectivity index (χ2n) is 3.31. The normalized spacial score (nSPS) is 14.1. The first-order valence-electron chi connectivity index (χ1n) is 4.51. The Morgan fingerprint density at radius 3 is 2.62 bits per heavy atom. The molecule has 1 unspecified atom stereocenters. The maximum atomic E-state index is 11.9. The van der Waals surface area contributed by atoms with Crippen molar-refractivity contribution in [3.8, 4) is 0 Å². The highest BCUT2D eigenvalue weighted by atomic mass is 79.9. The molecule has 2 nitrogen and oxygen atoms in total. The van der Waals surface area contributed by atoms with Crippen molar-refractivity contribution in [1.29, 1.82) is 0 Å². The summed E-state index contributed by atoms with van der Waals surface area (Å²) < 4.78 is 36.8. The Morgan fingerprint density at radius 1 is 1.56 bits per heavy atom. The fourth-order valence-corrected chi connectivity index (χ4v) is 2.62. The van der Waals surface area contributed by atoms with E-state index in [2.05, 4.69) is 21.2 Å². The van der Waals surface area contributed by atoms with Gasteiger partial charge < -0.3 is 10.4 Å². The third-order valence-corrected chi connectivity index (χ3v) is 4.06. The molecule has 1 atom stereocenters. The Bertz CT molecular complexity index is 334. The topological polar surface area (TPSA) is 32.3 Å². The van der Waals surface area contributed by atoms with Crippen molar-refractivity contribution in [3.05, 3.63) is 20.3 Å². The van der Waals surface area contributed by atoms with E-state index >= 15 is 0 Å². The molecule has 0 amide bonds. The number of hydrogen-bond acceptors (Lipinski definition) is 3. The van der Waals surface area contributed by atoms with Crippen LogP contribution in [0.15, 0.2) is 10.5 Å². The van der Waals surface area contributed by atoms with Crippen LogP contribution < -0.4 is 5.32 Å². The summed E-state index contributed by atoms with van der Waals surface area (Å²) in [6, 6.07) is 1.85. The molecule has 0 radical (unpaired) electrons. The fraction of sp³-hybridized carbons (Fsp3) is 0.556. The first-order chi connectivity index (χ1) is 7.30. The molecule has 0 aliphatic carbocycles. The van der Waals surface area contributed by atoms with E-state index in [1.54, 1.807) is 0 Å². The summed E-state index contributed by atoms with van der Waals surface area (Å²) in [6.07, 6.45) is -6.86. The summed E-state index contributed by atoms with van der Waals surface area (Å²) in [6.45, 7) is 1.76. The summed E-state index contributed by atoms with van der Waals surface area (Å²) in [5.41, 5.74) is 0. The number of thiophene rings is 1. The van der Waals surface area contributed by atoms with Crippen LogP contribution in [-0.2, 0) is 6.54 Å². The van der Waals surface area contributed by atoms with Gasteiger partial charge in [-0.3, -0.25) is 0 Å². The van der Waals surface area contributed by atoms with Gasteiger partial charge in [0.15, 0.2) is 6.10 Å². The van der Waals surface area contributed by atoms with Crippen molar-refractivity contribution in [2.75, 3.05) is 6.54 Å². The van der Waals surface area contributed by atoms with Crippen LogP contribution in [0.4, 0.5) is 13.2 Å². The zero-order chi connectivity index (χ0) is 12.3. The fourth-order valence-electron chi connectivity index (χ4n) is 1.05. The van der Waals surface area contributed by atoms with Gasteiger partial charge in [0.05, 0.1) is 0 Å². The molecule has 0 fully saturated rings. The van der Waals surface area contributed by atoms with Crippen molar-refractivity contribution in [3.63, 3.8) is 0 Å². The largest absolute Gasteiger partial charge is 0.415 e. The van der Waals surface area contributed by atoms with Gasteiger partial charge in [0.1, 0.15) is 0 Å². The average molecular weight is 318 g/mol. The lowest BCUT2D eigenvalue weighted by molar-refractivity contribution is -0.201. The minimum absolute atomic E-state index is 0.324. The Kier molecular flexibility index (Phi) is 4.78. The molecule has 0 saturated carbocycles. The molecule has 1 aromatic heterocycles. The zero-order valence-corrected chi connectivity index (χ0v) is 10.8. The van der Waals surface area contributed by atoms with E-state index < -0.39 is 18.8 Å². The van der Waals surface area contributed by atoms with Crippen LogP contribution in [0, 0.1) is 6.92 Å². The number of aliphatic hydroxyl groups excluding tert-OH is 1. The lowest BCUT2D eigenvalue weighted by Crippen LogP contribution is -2.38. The van der Waals surface area contributed by atoms with E-state index in [-0.39, 0.29) is 0 Å². The van der Waals surface area contributed by atoms with E-state index in [0.717, 1.165) is 14.2 Å². The first kappa shape index (κ1) is 14.0. The van der Waals surface area contributed by atoms with Gasteiger partial charge in [0, 0.05) is 27.3 Å². The highest BCUT2D eigenvalue weighted by Gasteiger charge is 2.37. The highest BCUT2D eigenvalue weighted by Crippen LogP contribution is 2.26. The van der Waals surface area contributed by atoms with E-state index in [0.29, 0.717) is 6.54 Å². The number of rotatable bonds is 4. The Labute approximate surface area is 104 Å². The molecular weight excluding hydrogens is 307 g/mol. The van der Waals surface area contributed by atoms with E-state index in [1.165, 1.54) is 11.3 Å². The highest BCUT2D eigenvalue weighted by molar-refractivity contribution is 9.10. The maximum Gasteiger partial charge on any atom is 0.415 e. The summed E-state index contributed by atoms with van der Waals surface area (Å²) in [5, 5.41) is 11.3. The standard InChI is InChI=1S/C9H11BrF3NOS/c1-5-7(10)2-6(16-5)3-14-4-8(15)9(11,12)13/h2,8,14-15H,3-4H2,1H3. The van der Waals surface area contributed by atoms with Crippen LogP contribution in [0.2, 0.25) is 0 Å². The van der Waals surface area contributed by atoms with Crippen LogP contribution in [-0.4, -0.2) is 23.9 Å². The molecule has 0 saturated heterocycles. The van der Waals surface area contributed by atoms with Crippen molar-refractivity contribution in [2.45, 2.75) is 25.7 Å². The number of aliphatic hydroxyl groups is 1. The molecule has 0 aromatic carbocycles. The van der Waals surface area contributed by atoms with Gasteiger partial charge >= 0.3 is 6.18 Å². The molecule has 1 aromatic rings. The van der Waals surface area contributed by atoms with Gasteiger partial charge in [-0.15, -0.1) is 11.3 Å². The van der Waals surface area contributed by atoms with Crippen molar-refractivity contribution < 1.29 is 18.3 Å². The van der Waals surface area contributed by atoms with Gasteiger partial charge in [-0.25, -0.2) is 0 Å². The van der Waals surface area contributed by atoms with Crippen LogP contribution >= 0.6 is 27.3 Å². The number of alkyl halides is 3. The second kappa shape index (κ2) is 5.48. The predicted molar refractivity (Wildman–Crippen MR) is 60.5 cm³/mol. The van der Waals surface area contributed by atoms with Crippen LogP contribution in [0.25, 0.3) is 0 Å². The van der Waals surface area contributed by atoms with Gasteiger partial charge in [0.25, 0.3) is 0 Å². The molecule has 2 N–H and O–H groups in total. The molecule has 7 heteroatoms. The Hall–Kier alpha value is -0.110. The summed E-state index contributed by atoms with van der Waals surface area (Å²) in [7, 11) is 0. The minimum Gasteiger partial charge on any atom is -0.382 e. The molecule has 16 heavy (non-hydrogen) atoms. The van der Waals surface area contributed by atoms with Crippen LogP contribution in [0.5, 0.6) is 0 Å². The number of halogens is 4. The molecule has 0 aliphatic rings. The quantitative estimate of drug-likeness (QED) is 0.895. The maximum absolute atomic E-state index is 11.9. The molecule has 0 spiro atoms. The molecule has 92 valence electrons. The van der Waals surface area contributed by atoms with Crippen molar-refractivity contribution in [1.82, 2.24) is 5.32 Å². The minimum atomic E-state index is -4.56. The van der Waals surface area contributed by atoms with Crippen molar-refractivity contribution in [2.24, 2.45) is 0 Å². The Balaban J connectivity index is 2.36. The number of aryl methyl sites for hydroxylation is 1. The van der Waals surface area contributed by atoms with E-state index in [4.69, 9.17) is 5.11 Å². The molecular formula is C9H11BrF3NOS. The van der Waals surface area contributed by atoms with E-state index in [1.807, 2.05) is 13.0 Å². The third kappa shape index (κ3) is 4.04. The summed E-state index contributed by atoms with van der Waals surface area (Å²) in [5.74, 6) is 0. The smallest absolute Gasteiger partial charge is 0.382 e. The molecule has 0 aliphatic heterocycles. The third-order valence-electron chi connectivity index (χ3n) is 1.92. The summed E-state index contributed by atoms with van der Waals surface area (Å²) >= 11 is 4.82. The van der Waals surface area contributed by atoms with Gasteiger partial charge in [-0.05, 0) is 28.9 Å². The monoisotopic (exact) mass is 317 g/mol. The lowest BCUT2D eigenvalue weighted by atomic mass is 10.3. The van der Waals surface area contributed by atoms with Crippen LogP contribution in [0.1, 0.15) is 9.75 Å². The van der Waals surface area contributed by atoms with Crippen LogP contribution in [0.3, 0.4) is 0 Å². The predicted octanol–water partition coefficient (Wildman–Crippen LogP) is 2.83. The average Bonchev–Trinajstić information content (AvgIpc) is 2.44. The molecule has 1 heterocycles.